The summed E-state index contributed by atoms with van der Waals surface area (Å²) in [6.07, 6.45) is 1.86. The molecule has 0 bridgehead atoms. The Morgan fingerprint density at radius 1 is 1.13 bits per heavy atom. The predicted octanol–water partition coefficient (Wildman–Crippen LogP) is 3.82. The SMILES string of the molecule is CC(=O)c1ccc(OCc2ccccc2)c(NC(=O)C2CC2)c1. The van der Waals surface area contributed by atoms with E-state index in [9.17, 15) is 9.59 Å². The predicted molar refractivity (Wildman–Crippen MR) is 88.6 cm³/mol. The number of rotatable bonds is 6. The van der Waals surface area contributed by atoms with Gasteiger partial charge < -0.3 is 10.1 Å². The Hall–Kier alpha value is -2.62. The molecular formula is C19H19NO3. The van der Waals surface area contributed by atoms with Crippen LogP contribution < -0.4 is 10.1 Å². The summed E-state index contributed by atoms with van der Waals surface area (Å²) in [5.41, 5.74) is 2.16. The molecule has 1 aliphatic rings. The molecular weight excluding hydrogens is 290 g/mol. The zero-order valence-electron chi connectivity index (χ0n) is 13.0. The van der Waals surface area contributed by atoms with Gasteiger partial charge in [0.2, 0.25) is 5.91 Å². The summed E-state index contributed by atoms with van der Waals surface area (Å²) in [5.74, 6) is 0.627. The molecule has 0 unspecified atom stereocenters. The first-order valence-electron chi connectivity index (χ1n) is 7.76. The van der Waals surface area contributed by atoms with Crippen LogP contribution in [0.5, 0.6) is 5.75 Å². The van der Waals surface area contributed by atoms with Gasteiger partial charge >= 0.3 is 0 Å². The van der Waals surface area contributed by atoms with E-state index in [1.54, 1.807) is 18.2 Å². The zero-order valence-corrected chi connectivity index (χ0v) is 13.0. The molecule has 0 heterocycles. The lowest BCUT2D eigenvalue weighted by molar-refractivity contribution is -0.117. The Bertz CT molecular complexity index is 721. The van der Waals surface area contributed by atoms with E-state index in [2.05, 4.69) is 5.32 Å². The van der Waals surface area contributed by atoms with Gasteiger partial charge in [-0.3, -0.25) is 9.59 Å². The lowest BCUT2D eigenvalue weighted by atomic mass is 10.1. The summed E-state index contributed by atoms with van der Waals surface area (Å²) < 4.78 is 5.83. The molecule has 2 aromatic carbocycles. The van der Waals surface area contributed by atoms with E-state index < -0.39 is 0 Å². The normalized spacial score (nSPS) is 13.4. The van der Waals surface area contributed by atoms with Gasteiger partial charge in [0.05, 0.1) is 5.69 Å². The maximum atomic E-state index is 12.0. The number of hydrogen-bond acceptors (Lipinski definition) is 3. The monoisotopic (exact) mass is 309 g/mol. The quantitative estimate of drug-likeness (QED) is 0.825. The van der Waals surface area contributed by atoms with Gasteiger partial charge in [-0.2, -0.15) is 0 Å². The van der Waals surface area contributed by atoms with Crippen LogP contribution in [0.2, 0.25) is 0 Å². The highest BCUT2D eigenvalue weighted by atomic mass is 16.5. The number of carbonyl (C=O) groups is 2. The van der Waals surface area contributed by atoms with Crippen LogP contribution in [-0.2, 0) is 11.4 Å². The number of Topliss-reactive ketones (excluding diaryl/α,β-unsaturated/α-hetero) is 1. The lowest BCUT2D eigenvalue weighted by Gasteiger charge is -2.13. The first-order chi connectivity index (χ1) is 11.1. The molecule has 1 aliphatic carbocycles. The first kappa shape index (κ1) is 15.3. The van der Waals surface area contributed by atoms with Crippen LogP contribution >= 0.6 is 0 Å². The van der Waals surface area contributed by atoms with Crippen LogP contribution in [-0.4, -0.2) is 11.7 Å². The molecule has 0 spiro atoms. The first-order valence-corrected chi connectivity index (χ1v) is 7.76. The average molecular weight is 309 g/mol. The minimum absolute atomic E-state index is 0.00439. The highest BCUT2D eigenvalue weighted by Gasteiger charge is 2.30. The molecule has 1 fully saturated rings. The molecule has 0 atom stereocenters. The largest absolute Gasteiger partial charge is 0.487 e. The fourth-order valence-corrected chi connectivity index (χ4v) is 2.29. The third-order valence-electron chi connectivity index (χ3n) is 3.83. The van der Waals surface area contributed by atoms with E-state index >= 15 is 0 Å². The van der Waals surface area contributed by atoms with Crippen molar-refractivity contribution in [1.29, 1.82) is 0 Å². The number of anilines is 1. The third-order valence-corrected chi connectivity index (χ3v) is 3.83. The molecule has 0 aliphatic heterocycles. The van der Waals surface area contributed by atoms with Gasteiger partial charge in [0.25, 0.3) is 0 Å². The minimum atomic E-state index is -0.0402. The van der Waals surface area contributed by atoms with Crippen molar-refractivity contribution in [3.05, 3.63) is 59.7 Å². The van der Waals surface area contributed by atoms with Crippen molar-refractivity contribution in [2.24, 2.45) is 5.92 Å². The van der Waals surface area contributed by atoms with Crippen molar-refractivity contribution in [3.8, 4) is 5.75 Å². The number of ether oxygens (including phenoxy) is 1. The van der Waals surface area contributed by atoms with E-state index in [0.717, 1.165) is 18.4 Å². The molecule has 4 heteroatoms. The average Bonchev–Trinajstić information content (AvgIpc) is 3.39. The van der Waals surface area contributed by atoms with Gasteiger partial charge in [-0.1, -0.05) is 30.3 Å². The molecule has 1 N–H and O–H groups in total. The molecule has 0 radical (unpaired) electrons. The maximum Gasteiger partial charge on any atom is 0.227 e. The van der Waals surface area contributed by atoms with Crippen molar-refractivity contribution in [2.75, 3.05) is 5.32 Å². The molecule has 4 nitrogen and oxygen atoms in total. The molecule has 3 rings (SSSR count). The van der Waals surface area contributed by atoms with Gasteiger partial charge in [0.15, 0.2) is 5.78 Å². The van der Waals surface area contributed by atoms with Gasteiger partial charge in [-0.05, 0) is 43.5 Å². The van der Waals surface area contributed by atoms with Crippen LogP contribution in [0.25, 0.3) is 0 Å². The number of nitrogens with one attached hydrogen (secondary N) is 1. The third kappa shape index (κ3) is 3.97. The standard InChI is InChI=1S/C19H19NO3/c1-13(21)16-9-10-18(23-12-14-5-3-2-4-6-14)17(11-16)20-19(22)15-7-8-15/h2-6,9-11,15H,7-8,12H2,1H3,(H,20,22). The van der Waals surface area contributed by atoms with E-state index in [1.165, 1.54) is 6.92 Å². The second-order valence-corrected chi connectivity index (χ2v) is 5.80. The van der Waals surface area contributed by atoms with Gasteiger partial charge in [0.1, 0.15) is 12.4 Å². The van der Waals surface area contributed by atoms with Crippen molar-refractivity contribution >= 4 is 17.4 Å². The molecule has 23 heavy (non-hydrogen) atoms. The second kappa shape index (κ2) is 6.65. The molecule has 2 aromatic rings. The van der Waals surface area contributed by atoms with Gasteiger partial charge in [-0.15, -0.1) is 0 Å². The van der Waals surface area contributed by atoms with Gasteiger partial charge in [-0.25, -0.2) is 0 Å². The van der Waals surface area contributed by atoms with E-state index in [-0.39, 0.29) is 17.6 Å². The highest BCUT2D eigenvalue weighted by Crippen LogP contribution is 2.33. The smallest absolute Gasteiger partial charge is 0.227 e. The lowest BCUT2D eigenvalue weighted by Crippen LogP contribution is -2.14. The molecule has 0 saturated heterocycles. The number of carbonyl (C=O) groups excluding carboxylic acids is 2. The van der Waals surface area contributed by atoms with E-state index in [1.807, 2.05) is 30.3 Å². The minimum Gasteiger partial charge on any atom is -0.487 e. The molecule has 1 saturated carbocycles. The number of amides is 1. The molecule has 1 amide bonds. The maximum absolute atomic E-state index is 12.0. The fraction of sp³-hybridized carbons (Fsp3) is 0.263. The summed E-state index contributed by atoms with van der Waals surface area (Å²) in [7, 11) is 0. The van der Waals surface area contributed by atoms with Crippen molar-refractivity contribution < 1.29 is 14.3 Å². The van der Waals surface area contributed by atoms with Crippen molar-refractivity contribution in [2.45, 2.75) is 26.4 Å². The summed E-state index contributed by atoms with van der Waals surface area (Å²) in [6, 6.07) is 15.0. The van der Waals surface area contributed by atoms with Crippen LogP contribution in [0.3, 0.4) is 0 Å². The molecule has 118 valence electrons. The van der Waals surface area contributed by atoms with Crippen LogP contribution in [0.15, 0.2) is 48.5 Å². The summed E-state index contributed by atoms with van der Waals surface area (Å²) in [4.78, 5) is 23.6. The van der Waals surface area contributed by atoms with E-state index in [0.29, 0.717) is 23.6 Å². The van der Waals surface area contributed by atoms with Crippen LogP contribution in [0, 0.1) is 5.92 Å². The van der Waals surface area contributed by atoms with Crippen molar-refractivity contribution in [1.82, 2.24) is 0 Å². The van der Waals surface area contributed by atoms with Crippen molar-refractivity contribution in [3.63, 3.8) is 0 Å². The Morgan fingerprint density at radius 3 is 2.52 bits per heavy atom. The second-order valence-electron chi connectivity index (χ2n) is 5.80. The highest BCUT2D eigenvalue weighted by molar-refractivity contribution is 5.99. The Kier molecular flexibility index (Phi) is 4.42. The van der Waals surface area contributed by atoms with Gasteiger partial charge in [0, 0.05) is 11.5 Å². The zero-order chi connectivity index (χ0) is 16.2. The number of hydrogen-bond donors (Lipinski definition) is 1. The summed E-state index contributed by atoms with van der Waals surface area (Å²) in [6.45, 7) is 1.92. The fourth-order valence-electron chi connectivity index (χ4n) is 2.29. The van der Waals surface area contributed by atoms with Crippen LogP contribution in [0.4, 0.5) is 5.69 Å². The summed E-state index contributed by atoms with van der Waals surface area (Å²) in [5, 5.41) is 2.89. The van der Waals surface area contributed by atoms with E-state index in [4.69, 9.17) is 4.74 Å². The Morgan fingerprint density at radius 2 is 1.87 bits per heavy atom. The Labute approximate surface area is 135 Å². The molecule has 0 aromatic heterocycles. The topological polar surface area (TPSA) is 55.4 Å². The number of ketones is 1. The number of benzene rings is 2. The van der Waals surface area contributed by atoms with Crippen LogP contribution in [0.1, 0.15) is 35.7 Å². The Balaban J connectivity index is 1.79. The summed E-state index contributed by atoms with van der Waals surface area (Å²) >= 11 is 0.